The molecule has 0 spiro atoms. The monoisotopic (exact) mass is 734 g/mol. The van der Waals surface area contributed by atoms with Crippen molar-refractivity contribution in [1.29, 1.82) is 0 Å². The molecule has 0 bridgehead atoms. The van der Waals surface area contributed by atoms with Gasteiger partial charge in [-0.15, -0.1) is 0 Å². The maximum atomic E-state index is 6.58. The largest absolute Gasteiger partial charge is 0.481 e. The summed E-state index contributed by atoms with van der Waals surface area (Å²) in [5.41, 5.74) is 14.2. The van der Waals surface area contributed by atoms with E-state index in [1.807, 2.05) is 0 Å². The van der Waals surface area contributed by atoms with Crippen molar-refractivity contribution in [2.24, 2.45) is 9.98 Å². The van der Waals surface area contributed by atoms with Gasteiger partial charge in [0.2, 0.25) is 0 Å². The van der Waals surface area contributed by atoms with Crippen LogP contribution in [0.5, 0.6) is 0 Å². The number of aromatic nitrogens is 1. The predicted molar refractivity (Wildman–Crippen MR) is 233 cm³/mol. The van der Waals surface area contributed by atoms with Gasteiger partial charge < -0.3 is 14.2 Å². The van der Waals surface area contributed by atoms with Gasteiger partial charge in [0, 0.05) is 44.9 Å². The van der Waals surface area contributed by atoms with E-state index in [4.69, 9.17) is 14.7 Å². The molecule has 272 valence electrons. The van der Waals surface area contributed by atoms with Crippen molar-refractivity contribution in [2.45, 2.75) is 36.9 Å². The number of anilines is 2. The number of amidine groups is 1. The number of nitrogens with zero attached hydrogens (tertiary/aromatic N) is 4. The summed E-state index contributed by atoms with van der Waals surface area (Å²) in [7, 11) is 0. The quantitative estimate of drug-likeness (QED) is 0.177. The first-order valence-electron chi connectivity index (χ1n) is 20.0. The SMILES string of the molecule is C1=CC2=C(CC1)C1=NC(c3cccc(-c4cccc5c4C4C=C(n6c7ccccc7c7ccccc76)C=CC4N5c4ccccc4)c3)=NC(c3ccccc3)C1O2. The Kier molecular flexibility index (Phi) is 7.24. The van der Waals surface area contributed by atoms with E-state index in [0.717, 1.165) is 46.8 Å². The summed E-state index contributed by atoms with van der Waals surface area (Å²) >= 11 is 0. The summed E-state index contributed by atoms with van der Waals surface area (Å²) in [5.74, 6) is 1.81. The summed E-state index contributed by atoms with van der Waals surface area (Å²) in [6.45, 7) is 0. The van der Waals surface area contributed by atoms with Gasteiger partial charge in [-0.25, -0.2) is 4.99 Å². The number of benzene rings is 6. The molecule has 0 fully saturated rings. The van der Waals surface area contributed by atoms with Gasteiger partial charge in [-0.3, -0.25) is 4.99 Å². The molecule has 57 heavy (non-hydrogen) atoms. The van der Waals surface area contributed by atoms with Crippen LogP contribution in [0.25, 0.3) is 38.6 Å². The van der Waals surface area contributed by atoms with Crippen molar-refractivity contribution < 1.29 is 4.74 Å². The fourth-order valence-corrected chi connectivity index (χ4v) is 9.85. The second-order valence-corrected chi connectivity index (χ2v) is 15.5. The van der Waals surface area contributed by atoms with E-state index in [1.165, 1.54) is 55.6 Å². The molecule has 2 aliphatic carbocycles. The smallest absolute Gasteiger partial charge is 0.167 e. The van der Waals surface area contributed by atoms with Crippen molar-refractivity contribution in [3.05, 3.63) is 210 Å². The number of hydrogen-bond donors (Lipinski definition) is 0. The molecule has 0 N–H and O–H groups in total. The van der Waals surface area contributed by atoms with E-state index in [9.17, 15) is 0 Å². The van der Waals surface area contributed by atoms with E-state index in [1.54, 1.807) is 0 Å². The van der Waals surface area contributed by atoms with Crippen LogP contribution in [0.1, 0.15) is 41.5 Å². The highest BCUT2D eigenvalue weighted by Gasteiger charge is 2.43. The Bertz CT molecular complexity index is 2910. The van der Waals surface area contributed by atoms with Gasteiger partial charge in [-0.05, 0) is 83.6 Å². The van der Waals surface area contributed by atoms with Crippen LogP contribution in [0.4, 0.5) is 11.4 Å². The topological polar surface area (TPSA) is 42.1 Å². The number of hydrogen-bond acceptors (Lipinski definition) is 4. The van der Waals surface area contributed by atoms with Gasteiger partial charge in [0.05, 0.1) is 22.8 Å². The van der Waals surface area contributed by atoms with Gasteiger partial charge in [-0.2, -0.15) is 0 Å². The molecule has 5 nitrogen and oxygen atoms in total. The van der Waals surface area contributed by atoms with Crippen LogP contribution in [0, 0.1) is 0 Å². The van der Waals surface area contributed by atoms with Crippen LogP contribution in [-0.2, 0) is 4.74 Å². The number of allylic oxidation sites excluding steroid dienone is 4. The zero-order chi connectivity index (χ0) is 37.5. The van der Waals surface area contributed by atoms with Crippen molar-refractivity contribution in [2.75, 3.05) is 4.90 Å². The number of aliphatic imine (C=N–C) groups is 2. The fourth-order valence-electron chi connectivity index (χ4n) is 9.85. The molecule has 5 aliphatic rings. The number of fused-ring (bicyclic) bond motifs is 8. The first-order valence-corrected chi connectivity index (χ1v) is 20.0. The minimum absolute atomic E-state index is 0.107. The minimum Gasteiger partial charge on any atom is -0.481 e. The first-order chi connectivity index (χ1) is 28.3. The molecule has 1 aromatic heterocycles. The summed E-state index contributed by atoms with van der Waals surface area (Å²) in [4.78, 5) is 13.2. The highest BCUT2D eigenvalue weighted by molar-refractivity contribution is 6.17. The van der Waals surface area contributed by atoms with Crippen LogP contribution in [0.15, 0.2) is 203 Å². The standard InChI is InChI=1S/C52H38N4O/c1-3-15-33(16-4-1)49-51-50(41-23-9-12-28-47(41)57-51)54-52(53-49)35-18-13-17-34(31-35)38-24-14-27-46-48(38)42-32-37(29-30-45(42)55(46)36-19-5-2-6-20-36)56-43-25-10-7-21-39(43)40-22-8-11-26-44(40)56/h1-8,10-22,24-32,42,45,49,51H,9,23H2. The van der Waals surface area contributed by atoms with Crippen molar-refractivity contribution in [3.63, 3.8) is 0 Å². The molecule has 4 unspecified atom stereocenters. The van der Waals surface area contributed by atoms with Crippen LogP contribution < -0.4 is 4.90 Å². The molecular weight excluding hydrogens is 697 g/mol. The van der Waals surface area contributed by atoms with E-state index < -0.39 is 0 Å². The Morgan fingerprint density at radius 1 is 0.667 bits per heavy atom. The van der Waals surface area contributed by atoms with Gasteiger partial charge in [0.15, 0.2) is 11.9 Å². The Balaban J connectivity index is 1.01. The fraction of sp³-hybridized carbons (Fsp3) is 0.115. The molecule has 0 saturated carbocycles. The Hall–Kier alpha value is -6.98. The lowest BCUT2D eigenvalue weighted by Gasteiger charge is -2.30. The summed E-state index contributed by atoms with van der Waals surface area (Å²) in [5, 5.41) is 2.54. The van der Waals surface area contributed by atoms with E-state index >= 15 is 0 Å². The maximum Gasteiger partial charge on any atom is 0.167 e. The lowest BCUT2D eigenvalue weighted by Crippen LogP contribution is -2.31. The summed E-state index contributed by atoms with van der Waals surface area (Å²) < 4.78 is 9.02. The molecular formula is C52H38N4O. The summed E-state index contributed by atoms with van der Waals surface area (Å²) in [6.07, 6.45) is 13.3. The molecule has 0 saturated heterocycles. The van der Waals surface area contributed by atoms with Crippen molar-refractivity contribution in [3.8, 4) is 11.1 Å². The highest BCUT2D eigenvalue weighted by atomic mass is 16.5. The van der Waals surface area contributed by atoms with Crippen molar-refractivity contribution >= 4 is 50.4 Å². The number of rotatable bonds is 5. The van der Waals surface area contributed by atoms with E-state index in [0.29, 0.717) is 0 Å². The minimum atomic E-state index is -0.222. The lowest BCUT2D eigenvalue weighted by molar-refractivity contribution is 0.168. The number of ether oxygens (including phenoxy) is 1. The van der Waals surface area contributed by atoms with Crippen LogP contribution in [0.3, 0.4) is 0 Å². The van der Waals surface area contributed by atoms with E-state index in [-0.39, 0.29) is 24.1 Å². The molecule has 7 aromatic rings. The molecule has 6 aromatic carbocycles. The first kappa shape index (κ1) is 32.3. The number of para-hydroxylation sites is 3. The lowest BCUT2D eigenvalue weighted by atomic mass is 9.85. The molecule has 4 heterocycles. The maximum absolute atomic E-state index is 6.58. The third kappa shape index (κ3) is 5.01. The highest BCUT2D eigenvalue weighted by Crippen LogP contribution is 2.53. The second kappa shape index (κ2) is 12.8. The van der Waals surface area contributed by atoms with Gasteiger partial charge in [0.1, 0.15) is 11.8 Å². The normalized spacial score (nSPS) is 21.8. The Labute approximate surface area is 331 Å². The third-order valence-corrected chi connectivity index (χ3v) is 12.3. The van der Waals surface area contributed by atoms with Crippen LogP contribution in [-0.4, -0.2) is 28.3 Å². The Morgan fingerprint density at radius 3 is 2.19 bits per heavy atom. The van der Waals surface area contributed by atoms with Gasteiger partial charge in [-0.1, -0.05) is 133 Å². The summed E-state index contributed by atoms with van der Waals surface area (Å²) in [6, 6.07) is 54.5. The average molecular weight is 735 g/mol. The molecule has 3 aliphatic heterocycles. The molecule has 0 radical (unpaired) electrons. The average Bonchev–Trinajstić information content (AvgIpc) is 3.94. The van der Waals surface area contributed by atoms with E-state index in [2.05, 4.69) is 192 Å². The molecule has 5 heteroatoms. The Morgan fingerprint density at radius 2 is 1.39 bits per heavy atom. The molecule has 0 amide bonds. The van der Waals surface area contributed by atoms with Gasteiger partial charge >= 0.3 is 0 Å². The van der Waals surface area contributed by atoms with Crippen LogP contribution >= 0.6 is 0 Å². The van der Waals surface area contributed by atoms with Crippen molar-refractivity contribution in [1.82, 2.24) is 4.57 Å². The predicted octanol–water partition coefficient (Wildman–Crippen LogP) is 12.1. The molecule has 12 rings (SSSR count). The zero-order valence-electron chi connectivity index (χ0n) is 31.2. The third-order valence-electron chi connectivity index (χ3n) is 12.3. The zero-order valence-corrected chi connectivity index (χ0v) is 31.2. The second-order valence-electron chi connectivity index (χ2n) is 15.5. The van der Waals surface area contributed by atoms with Crippen LogP contribution in [0.2, 0.25) is 0 Å². The van der Waals surface area contributed by atoms with Gasteiger partial charge in [0.25, 0.3) is 0 Å². The molecule has 4 atom stereocenters.